The Bertz CT molecular complexity index is 810. The number of para-hydroxylation sites is 1. The van der Waals surface area contributed by atoms with Crippen LogP contribution < -0.4 is 10.1 Å². The largest absolute Gasteiger partial charge is 0.496 e. The van der Waals surface area contributed by atoms with E-state index >= 15 is 0 Å². The first-order chi connectivity index (χ1) is 11.8. The molecule has 3 rings (SSSR count). The third kappa shape index (κ3) is 3.38. The molecule has 0 aliphatic rings. The molecule has 1 aromatic carbocycles. The number of ether oxygens (including phenoxy) is 1. The van der Waals surface area contributed by atoms with Gasteiger partial charge in [-0.1, -0.05) is 24.3 Å². The SMILES string of the molecule is COc1ccccc1C(NC(=O)c1cnccn1)c1ccccn1. The standard InChI is InChI=1S/C18H16N4O2/c1-24-16-8-3-2-6-13(16)17(14-7-4-5-9-20-14)22-18(23)15-12-19-10-11-21-15/h2-12,17H,1H3,(H,22,23). The summed E-state index contributed by atoms with van der Waals surface area (Å²) in [6.45, 7) is 0. The van der Waals surface area contributed by atoms with Crippen molar-refractivity contribution in [1.29, 1.82) is 0 Å². The van der Waals surface area contributed by atoms with Gasteiger partial charge in [0.25, 0.3) is 5.91 Å². The number of rotatable bonds is 5. The van der Waals surface area contributed by atoms with E-state index < -0.39 is 6.04 Å². The van der Waals surface area contributed by atoms with Crippen molar-refractivity contribution in [3.8, 4) is 5.75 Å². The van der Waals surface area contributed by atoms with Crippen molar-refractivity contribution in [1.82, 2.24) is 20.3 Å². The van der Waals surface area contributed by atoms with Crippen molar-refractivity contribution < 1.29 is 9.53 Å². The average Bonchev–Trinajstić information content (AvgIpc) is 2.67. The van der Waals surface area contributed by atoms with Crippen molar-refractivity contribution in [3.63, 3.8) is 0 Å². The maximum absolute atomic E-state index is 12.5. The molecular formula is C18H16N4O2. The summed E-state index contributed by atoms with van der Waals surface area (Å²) < 4.78 is 5.43. The molecule has 0 spiro atoms. The molecule has 24 heavy (non-hydrogen) atoms. The van der Waals surface area contributed by atoms with Crippen LogP contribution in [0.15, 0.2) is 67.3 Å². The molecule has 2 aromatic heterocycles. The van der Waals surface area contributed by atoms with Gasteiger partial charge in [0, 0.05) is 24.2 Å². The first kappa shape index (κ1) is 15.6. The van der Waals surface area contributed by atoms with Gasteiger partial charge in [-0.05, 0) is 18.2 Å². The quantitative estimate of drug-likeness (QED) is 0.781. The van der Waals surface area contributed by atoms with Crippen molar-refractivity contribution in [3.05, 3.63) is 84.2 Å². The molecule has 3 aromatic rings. The molecule has 0 fully saturated rings. The lowest BCUT2D eigenvalue weighted by Crippen LogP contribution is -2.30. The summed E-state index contributed by atoms with van der Waals surface area (Å²) in [5, 5.41) is 2.96. The molecule has 1 unspecified atom stereocenters. The fourth-order valence-corrected chi connectivity index (χ4v) is 2.38. The summed E-state index contributed by atoms with van der Waals surface area (Å²) >= 11 is 0. The first-order valence-corrected chi connectivity index (χ1v) is 7.40. The second-order valence-electron chi connectivity index (χ2n) is 4.99. The summed E-state index contributed by atoms with van der Waals surface area (Å²) in [5.41, 5.74) is 1.77. The van der Waals surface area contributed by atoms with Gasteiger partial charge in [0.15, 0.2) is 0 Å². The van der Waals surface area contributed by atoms with Gasteiger partial charge in [-0.25, -0.2) is 4.98 Å². The maximum Gasteiger partial charge on any atom is 0.272 e. The predicted octanol–water partition coefficient (Wildman–Crippen LogP) is 2.40. The van der Waals surface area contributed by atoms with Gasteiger partial charge in [0.1, 0.15) is 17.5 Å². The van der Waals surface area contributed by atoms with Crippen LogP contribution in [0.1, 0.15) is 27.8 Å². The van der Waals surface area contributed by atoms with Gasteiger partial charge in [-0.3, -0.25) is 14.8 Å². The van der Waals surface area contributed by atoms with Gasteiger partial charge in [-0.15, -0.1) is 0 Å². The van der Waals surface area contributed by atoms with Gasteiger partial charge in [0.05, 0.1) is 19.0 Å². The molecule has 0 aliphatic heterocycles. The molecule has 0 radical (unpaired) electrons. The lowest BCUT2D eigenvalue weighted by atomic mass is 10.0. The van der Waals surface area contributed by atoms with Crippen molar-refractivity contribution >= 4 is 5.91 Å². The fourth-order valence-electron chi connectivity index (χ4n) is 2.38. The summed E-state index contributed by atoms with van der Waals surface area (Å²) in [4.78, 5) is 24.9. The zero-order chi connectivity index (χ0) is 16.8. The van der Waals surface area contributed by atoms with E-state index in [9.17, 15) is 4.79 Å². The lowest BCUT2D eigenvalue weighted by molar-refractivity contribution is 0.0936. The second kappa shape index (κ2) is 7.32. The molecule has 1 amide bonds. The Kier molecular flexibility index (Phi) is 4.76. The number of nitrogens with one attached hydrogen (secondary N) is 1. The topological polar surface area (TPSA) is 77.0 Å². The molecule has 6 heteroatoms. The number of hydrogen-bond acceptors (Lipinski definition) is 5. The van der Waals surface area contributed by atoms with Crippen molar-refractivity contribution in [2.75, 3.05) is 7.11 Å². The van der Waals surface area contributed by atoms with E-state index in [0.29, 0.717) is 11.4 Å². The van der Waals surface area contributed by atoms with Gasteiger partial charge in [0.2, 0.25) is 0 Å². The minimum atomic E-state index is -0.461. The highest BCUT2D eigenvalue weighted by Crippen LogP contribution is 2.29. The highest BCUT2D eigenvalue weighted by atomic mass is 16.5. The van der Waals surface area contributed by atoms with Crippen molar-refractivity contribution in [2.45, 2.75) is 6.04 Å². The number of pyridine rings is 1. The minimum absolute atomic E-state index is 0.244. The number of methoxy groups -OCH3 is 1. The molecular weight excluding hydrogens is 304 g/mol. The van der Waals surface area contributed by atoms with Gasteiger partial charge >= 0.3 is 0 Å². The van der Waals surface area contributed by atoms with E-state index in [1.807, 2.05) is 42.5 Å². The van der Waals surface area contributed by atoms with Crippen LogP contribution >= 0.6 is 0 Å². The summed E-state index contributed by atoms with van der Waals surface area (Å²) in [6.07, 6.45) is 6.11. The van der Waals surface area contributed by atoms with E-state index in [-0.39, 0.29) is 11.6 Å². The first-order valence-electron chi connectivity index (χ1n) is 7.40. The zero-order valence-corrected chi connectivity index (χ0v) is 13.1. The van der Waals surface area contributed by atoms with Gasteiger partial charge in [-0.2, -0.15) is 0 Å². The maximum atomic E-state index is 12.5. The van der Waals surface area contributed by atoms with Crippen LogP contribution in [0.4, 0.5) is 0 Å². The Labute approximate surface area is 139 Å². The Morgan fingerprint density at radius 1 is 1.04 bits per heavy atom. The second-order valence-corrected chi connectivity index (χ2v) is 4.99. The summed E-state index contributed by atoms with van der Waals surface area (Å²) in [6, 6.07) is 12.6. The summed E-state index contributed by atoms with van der Waals surface area (Å²) in [5.74, 6) is 0.345. The van der Waals surface area contributed by atoms with Crippen LogP contribution in [0.2, 0.25) is 0 Å². The third-order valence-electron chi connectivity index (χ3n) is 3.50. The highest BCUT2D eigenvalue weighted by molar-refractivity contribution is 5.92. The van der Waals surface area contributed by atoms with Crippen LogP contribution in [0.3, 0.4) is 0 Å². The number of aromatic nitrogens is 3. The normalized spacial score (nSPS) is 11.5. The Balaban J connectivity index is 1.99. The Morgan fingerprint density at radius 2 is 1.88 bits per heavy atom. The Morgan fingerprint density at radius 3 is 2.58 bits per heavy atom. The molecule has 2 heterocycles. The molecule has 0 saturated heterocycles. The van der Waals surface area contributed by atoms with E-state index in [0.717, 1.165) is 5.56 Å². The average molecular weight is 320 g/mol. The van der Waals surface area contributed by atoms with E-state index in [4.69, 9.17) is 4.74 Å². The zero-order valence-electron chi connectivity index (χ0n) is 13.1. The van der Waals surface area contributed by atoms with E-state index in [1.54, 1.807) is 13.3 Å². The number of benzene rings is 1. The molecule has 0 bridgehead atoms. The number of carbonyl (C=O) groups is 1. The monoisotopic (exact) mass is 320 g/mol. The van der Waals surface area contributed by atoms with Crippen LogP contribution in [0.25, 0.3) is 0 Å². The molecule has 1 atom stereocenters. The molecule has 120 valence electrons. The van der Waals surface area contributed by atoms with Gasteiger partial charge < -0.3 is 10.1 Å². The lowest BCUT2D eigenvalue weighted by Gasteiger charge is -2.20. The van der Waals surface area contributed by atoms with Crippen LogP contribution in [-0.4, -0.2) is 28.0 Å². The molecule has 0 aliphatic carbocycles. The molecule has 0 saturated carbocycles. The van der Waals surface area contributed by atoms with E-state index in [2.05, 4.69) is 20.3 Å². The molecule has 1 N–H and O–H groups in total. The highest BCUT2D eigenvalue weighted by Gasteiger charge is 2.22. The number of amides is 1. The summed E-state index contributed by atoms with van der Waals surface area (Å²) in [7, 11) is 1.60. The van der Waals surface area contributed by atoms with Crippen molar-refractivity contribution in [2.24, 2.45) is 0 Å². The number of nitrogens with zero attached hydrogens (tertiary/aromatic N) is 3. The smallest absolute Gasteiger partial charge is 0.272 e. The number of hydrogen-bond donors (Lipinski definition) is 1. The van der Waals surface area contributed by atoms with Crippen LogP contribution in [0.5, 0.6) is 5.75 Å². The van der Waals surface area contributed by atoms with Crippen LogP contribution in [-0.2, 0) is 0 Å². The predicted molar refractivity (Wildman–Crippen MR) is 88.6 cm³/mol. The van der Waals surface area contributed by atoms with Crippen LogP contribution in [0, 0.1) is 0 Å². The number of carbonyl (C=O) groups excluding carboxylic acids is 1. The fraction of sp³-hybridized carbons (Fsp3) is 0.111. The third-order valence-corrected chi connectivity index (χ3v) is 3.50. The molecule has 6 nitrogen and oxygen atoms in total. The Hall–Kier alpha value is -3.28. The minimum Gasteiger partial charge on any atom is -0.496 e. The van der Waals surface area contributed by atoms with E-state index in [1.165, 1.54) is 18.6 Å².